The number of hydrogen-bond donors (Lipinski definition) is 1. The molecule has 0 aliphatic heterocycles. The summed E-state index contributed by atoms with van der Waals surface area (Å²) in [4.78, 5) is 12.1. The second kappa shape index (κ2) is 6.42. The van der Waals surface area contributed by atoms with E-state index in [0.29, 0.717) is 17.9 Å². The fourth-order valence-electron chi connectivity index (χ4n) is 2.12. The third-order valence-corrected chi connectivity index (χ3v) is 4.12. The molecule has 1 unspecified atom stereocenters. The number of carbonyl (C=O) groups is 1. The summed E-state index contributed by atoms with van der Waals surface area (Å²) in [5.74, 6) is 1.68. The fraction of sp³-hybridized carbons (Fsp3) is 0.533. The molecule has 4 heteroatoms. The highest BCUT2D eigenvalue weighted by molar-refractivity contribution is 9.08. The highest BCUT2D eigenvalue weighted by Gasteiger charge is 2.32. The summed E-state index contributed by atoms with van der Waals surface area (Å²) < 4.78 is 5.54. The quantitative estimate of drug-likeness (QED) is 0.804. The van der Waals surface area contributed by atoms with Gasteiger partial charge in [0.1, 0.15) is 5.75 Å². The van der Waals surface area contributed by atoms with Crippen LogP contribution < -0.4 is 10.1 Å². The van der Waals surface area contributed by atoms with Crippen LogP contribution in [0.1, 0.15) is 32.3 Å². The number of hydrogen-bond acceptors (Lipinski definition) is 2. The second-order valence-corrected chi connectivity index (χ2v) is 5.57. The lowest BCUT2D eigenvalue weighted by Gasteiger charge is -2.14. The standard InChI is InChI=1S/C15H20BrNO2/c1-3-19-14-7-6-13(8-12(14)9-16)17-15(18)10(2)11-4-5-11/h6-8,10-11H,3-5,9H2,1-2H3,(H,17,18). The monoisotopic (exact) mass is 325 g/mol. The summed E-state index contributed by atoms with van der Waals surface area (Å²) in [5, 5.41) is 3.70. The first-order valence-electron chi connectivity index (χ1n) is 6.78. The fourth-order valence-corrected chi connectivity index (χ4v) is 2.56. The predicted octanol–water partition coefficient (Wildman–Crippen LogP) is 3.96. The summed E-state index contributed by atoms with van der Waals surface area (Å²) in [5.41, 5.74) is 1.90. The van der Waals surface area contributed by atoms with Crippen molar-refractivity contribution < 1.29 is 9.53 Å². The van der Waals surface area contributed by atoms with Crippen molar-refractivity contribution in [1.82, 2.24) is 0 Å². The van der Waals surface area contributed by atoms with Crippen LogP contribution in [0.3, 0.4) is 0 Å². The van der Waals surface area contributed by atoms with Crippen molar-refractivity contribution in [2.75, 3.05) is 11.9 Å². The highest BCUT2D eigenvalue weighted by Crippen LogP contribution is 2.37. The van der Waals surface area contributed by atoms with Gasteiger partial charge in [0.15, 0.2) is 0 Å². The van der Waals surface area contributed by atoms with E-state index in [0.717, 1.165) is 17.0 Å². The third kappa shape index (κ3) is 3.72. The summed E-state index contributed by atoms with van der Waals surface area (Å²) in [7, 11) is 0. The Morgan fingerprint density at radius 1 is 1.53 bits per heavy atom. The molecule has 0 heterocycles. The molecule has 0 radical (unpaired) electrons. The van der Waals surface area contributed by atoms with Crippen LogP contribution in [0.2, 0.25) is 0 Å². The number of benzene rings is 1. The van der Waals surface area contributed by atoms with Crippen molar-refractivity contribution >= 4 is 27.5 Å². The highest BCUT2D eigenvalue weighted by atomic mass is 79.9. The van der Waals surface area contributed by atoms with E-state index >= 15 is 0 Å². The van der Waals surface area contributed by atoms with Crippen molar-refractivity contribution in [3.8, 4) is 5.75 Å². The molecule has 1 aromatic rings. The zero-order valence-corrected chi connectivity index (χ0v) is 13.0. The summed E-state index contributed by atoms with van der Waals surface area (Å²) in [6.45, 7) is 4.61. The summed E-state index contributed by atoms with van der Waals surface area (Å²) in [6.07, 6.45) is 2.37. The Hall–Kier alpha value is -1.03. The van der Waals surface area contributed by atoms with Gasteiger partial charge in [0.2, 0.25) is 5.91 Å². The van der Waals surface area contributed by atoms with E-state index in [9.17, 15) is 4.79 Å². The maximum atomic E-state index is 12.1. The van der Waals surface area contributed by atoms with Crippen molar-refractivity contribution in [1.29, 1.82) is 0 Å². The molecular formula is C15H20BrNO2. The number of alkyl halides is 1. The number of carbonyl (C=O) groups excluding carboxylic acids is 1. The minimum absolute atomic E-state index is 0.110. The zero-order chi connectivity index (χ0) is 13.8. The van der Waals surface area contributed by atoms with Crippen LogP contribution in [0, 0.1) is 11.8 Å². The molecule has 2 rings (SSSR count). The maximum Gasteiger partial charge on any atom is 0.227 e. The lowest BCUT2D eigenvalue weighted by Crippen LogP contribution is -2.21. The summed E-state index contributed by atoms with van der Waals surface area (Å²) >= 11 is 3.45. The normalized spacial score (nSPS) is 15.9. The predicted molar refractivity (Wildman–Crippen MR) is 80.8 cm³/mol. The van der Waals surface area contributed by atoms with E-state index in [4.69, 9.17) is 4.74 Å². The molecule has 0 spiro atoms. The number of rotatable bonds is 6. The molecule has 1 amide bonds. The molecule has 1 saturated carbocycles. The molecule has 1 aromatic carbocycles. The first-order chi connectivity index (χ1) is 9.15. The van der Waals surface area contributed by atoms with Gasteiger partial charge in [0.05, 0.1) is 6.61 Å². The lowest BCUT2D eigenvalue weighted by molar-refractivity contribution is -0.119. The van der Waals surface area contributed by atoms with Crippen LogP contribution in [0.25, 0.3) is 0 Å². The van der Waals surface area contributed by atoms with Crippen LogP contribution in [0.15, 0.2) is 18.2 Å². The van der Waals surface area contributed by atoms with Gasteiger partial charge in [0.25, 0.3) is 0 Å². The van der Waals surface area contributed by atoms with Crippen molar-refractivity contribution in [3.05, 3.63) is 23.8 Å². The van der Waals surface area contributed by atoms with Crippen LogP contribution in [0.5, 0.6) is 5.75 Å². The maximum absolute atomic E-state index is 12.1. The molecule has 0 saturated heterocycles. The Morgan fingerprint density at radius 2 is 2.26 bits per heavy atom. The number of ether oxygens (including phenoxy) is 1. The van der Waals surface area contributed by atoms with Crippen molar-refractivity contribution in [2.45, 2.75) is 32.0 Å². The van der Waals surface area contributed by atoms with Gasteiger partial charge in [0, 0.05) is 22.5 Å². The topological polar surface area (TPSA) is 38.3 Å². The SMILES string of the molecule is CCOc1ccc(NC(=O)C(C)C2CC2)cc1CBr. The first kappa shape index (κ1) is 14.4. The minimum atomic E-state index is 0.110. The van der Waals surface area contributed by atoms with E-state index in [1.807, 2.05) is 32.0 Å². The molecule has 3 nitrogen and oxygen atoms in total. The van der Waals surface area contributed by atoms with Gasteiger partial charge < -0.3 is 10.1 Å². The van der Waals surface area contributed by atoms with Crippen LogP contribution in [-0.2, 0) is 10.1 Å². The summed E-state index contributed by atoms with van der Waals surface area (Å²) in [6, 6.07) is 5.78. The van der Waals surface area contributed by atoms with E-state index in [1.54, 1.807) is 0 Å². The van der Waals surface area contributed by atoms with Gasteiger partial charge in [-0.05, 0) is 43.9 Å². The Kier molecular flexibility index (Phi) is 4.86. The minimum Gasteiger partial charge on any atom is -0.494 e. The Bertz CT molecular complexity index is 457. The second-order valence-electron chi connectivity index (χ2n) is 5.00. The Balaban J connectivity index is 2.05. The van der Waals surface area contributed by atoms with Gasteiger partial charge in [-0.2, -0.15) is 0 Å². The van der Waals surface area contributed by atoms with Crippen LogP contribution in [-0.4, -0.2) is 12.5 Å². The van der Waals surface area contributed by atoms with E-state index in [-0.39, 0.29) is 11.8 Å². The zero-order valence-electron chi connectivity index (χ0n) is 11.4. The van der Waals surface area contributed by atoms with Gasteiger partial charge in [-0.15, -0.1) is 0 Å². The molecular weight excluding hydrogens is 306 g/mol. The molecule has 0 bridgehead atoms. The Morgan fingerprint density at radius 3 is 2.84 bits per heavy atom. The average Bonchev–Trinajstić information content (AvgIpc) is 3.24. The third-order valence-electron chi connectivity index (χ3n) is 3.51. The number of anilines is 1. The van der Waals surface area contributed by atoms with E-state index < -0.39 is 0 Å². The van der Waals surface area contributed by atoms with Crippen molar-refractivity contribution in [2.24, 2.45) is 11.8 Å². The molecule has 1 fully saturated rings. The van der Waals surface area contributed by atoms with Gasteiger partial charge in [-0.25, -0.2) is 0 Å². The molecule has 1 atom stereocenters. The molecule has 19 heavy (non-hydrogen) atoms. The largest absolute Gasteiger partial charge is 0.494 e. The van der Waals surface area contributed by atoms with Gasteiger partial charge >= 0.3 is 0 Å². The lowest BCUT2D eigenvalue weighted by atomic mass is 10.1. The first-order valence-corrected chi connectivity index (χ1v) is 7.90. The number of nitrogens with one attached hydrogen (secondary N) is 1. The van der Waals surface area contributed by atoms with Crippen LogP contribution in [0.4, 0.5) is 5.69 Å². The van der Waals surface area contributed by atoms with E-state index in [1.165, 1.54) is 12.8 Å². The number of halogens is 1. The van der Waals surface area contributed by atoms with Gasteiger partial charge in [-0.3, -0.25) is 4.79 Å². The van der Waals surface area contributed by atoms with Crippen molar-refractivity contribution in [3.63, 3.8) is 0 Å². The molecule has 104 valence electrons. The molecule has 0 aromatic heterocycles. The average molecular weight is 326 g/mol. The van der Waals surface area contributed by atoms with Gasteiger partial charge in [-0.1, -0.05) is 22.9 Å². The molecule has 1 aliphatic rings. The molecule has 1 N–H and O–H groups in total. The number of amides is 1. The Labute approximate surface area is 122 Å². The van der Waals surface area contributed by atoms with E-state index in [2.05, 4.69) is 21.2 Å². The van der Waals surface area contributed by atoms with Crippen LogP contribution >= 0.6 is 15.9 Å². The smallest absolute Gasteiger partial charge is 0.227 e. The molecule has 1 aliphatic carbocycles.